The fraction of sp³-hybridized carbons (Fsp3) is 0.154. The van der Waals surface area contributed by atoms with Crippen molar-refractivity contribution in [3.8, 4) is 11.3 Å². The molecule has 4 aromatic rings. The van der Waals surface area contributed by atoms with E-state index in [0.29, 0.717) is 10.9 Å². The van der Waals surface area contributed by atoms with Crippen LogP contribution in [0, 0.1) is 5.82 Å². The van der Waals surface area contributed by atoms with Gasteiger partial charge >= 0.3 is 0 Å². The normalized spacial score (nSPS) is 18.1. The number of furan rings is 1. The quantitative estimate of drug-likeness (QED) is 0.371. The molecule has 1 aliphatic heterocycles. The molecule has 0 amide bonds. The van der Waals surface area contributed by atoms with Crippen LogP contribution in [0.2, 0.25) is 0 Å². The molecule has 1 aliphatic rings. The number of benzene rings is 2. The highest BCUT2D eigenvalue weighted by Crippen LogP contribution is 2.42. The number of pyridine rings is 1. The molecule has 2 atom stereocenters. The van der Waals surface area contributed by atoms with Crippen LogP contribution in [0.25, 0.3) is 11.3 Å². The fourth-order valence-electron chi connectivity index (χ4n) is 4.10. The highest BCUT2D eigenvalue weighted by Gasteiger charge is 2.42. The monoisotopic (exact) mass is 443 g/mol. The number of nitrogens with one attached hydrogen (secondary N) is 1. The van der Waals surface area contributed by atoms with E-state index >= 15 is 0 Å². The summed E-state index contributed by atoms with van der Waals surface area (Å²) in [5.41, 5.74) is 3.95. The number of thiocarbonyl (C=S) groups is 1. The molecule has 0 saturated carbocycles. The lowest BCUT2D eigenvalue weighted by Crippen LogP contribution is -2.29. The molecule has 6 heteroatoms. The van der Waals surface area contributed by atoms with Gasteiger partial charge in [-0.05, 0) is 84.9 Å². The number of anilines is 1. The number of rotatable bonds is 5. The number of hydrogen-bond donors (Lipinski definition) is 1. The zero-order valence-electron chi connectivity index (χ0n) is 17.5. The molecule has 0 radical (unpaired) electrons. The van der Waals surface area contributed by atoms with Crippen molar-refractivity contribution in [2.75, 3.05) is 4.90 Å². The zero-order valence-corrected chi connectivity index (χ0v) is 18.4. The second-order valence-corrected chi connectivity index (χ2v) is 8.11. The van der Waals surface area contributed by atoms with E-state index in [1.54, 1.807) is 18.3 Å². The Bertz CT molecular complexity index is 1220. The molecule has 2 aromatic carbocycles. The number of aromatic nitrogens is 1. The van der Waals surface area contributed by atoms with E-state index in [9.17, 15) is 4.39 Å². The summed E-state index contributed by atoms with van der Waals surface area (Å²) in [5, 5.41) is 4.06. The molecular weight excluding hydrogens is 421 g/mol. The molecule has 1 fully saturated rings. The van der Waals surface area contributed by atoms with E-state index in [1.165, 1.54) is 17.7 Å². The Balaban J connectivity index is 1.57. The second-order valence-electron chi connectivity index (χ2n) is 7.73. The lowest BCUT2D eigenvalue weighted by Gasteiger charge is -2.26. The van der Waals surface area contributed by atoms with Gasteiger partial charge in [0, 0.05) is 17.4 Å². The van der Waals surface area contributed by atoms with Crippen LogP contribution in [-0.4, -0.2) is 10.1 Å². The Morgan fingerprint density at radius 2 is 1.78 bits per heavy atom. The number of halogens is 1. The number of hydrogen-bond acceptors (Lipinski definition) is 3. The third-order valence-electron chi connectivity index (χ3n) is 5.77. The SMILES string of the molecule is CCc1ccc(N2C(=S)N[C@@H](c3ccccn3)[C@H]2c2ccc(-c3ccc(F)cc3)o2)cc1. The maximum Gasteiger partial charge on any atom is 0.174 e. The Labute approximate surface area is 191 Å². The van der Waals surface area contributed by atoms with Crippen molar-refractivity contribution in [3.05, 3.63) is 108 Å². The second kappa shape index (κ2) is 8.55. The molecule has 1 N–H and O–H groups in total. The summed E-state index contributed by atoms with van der Waals surface area (Å²) in [4.78, 5) is 6.65. The molecule has 0 spiro atoms. The first-order valence-electron chi connectivity index (χ1n) is 10.6. The lowest BCUT2D eigenvalue weighted by molar-refractivity contribution is 0.439. The fourth-order valence-corrected chi connectivity index (χ4v) is 4.44. The zero-order chi connectivity index (χ0) is 22.1. The first kappa shape index (κ1) is 20.4. The van der Waals surface area contributed by atoms with Crippen molar-refractivity contribution in [1.29, 1.82) is 0 Å². The Kier molecular flexibility index (Phi) is 5.45. The van der Waals surface area contributed by atoms with E-state index in [1.807, 2.05) is 30.3 Å². The molecule has 160 valence electrons. The summed E-state index contributed by atoms with van der Waals surface area (Å²) in [6, 6.07) is 24.0. The Hall–Kier alpha value is -3.51. The molecule has 0 bridgehead atoms. The van der Waals surface area contributed by atoms with Crippen LogP contribution in [0.3, 0.4) is 0 Å². The average molecular weight is 444 g/mol. The first-order chi connectivity index (χ1) is 15.6. The topological polar surface area (TPSA) is 41.3 Å². The Morgan fingerprint density at radius 3 is 2.47 bits per heavy atom. The van der Waals surface area contributed by atoms with Crippen molar-refractivity contribution in [3.63, 3.8) is 0 Å². The summed E-state index contributed by atoms with van der Waals surface area (Å²) in [6.07, 6.45) is 2.75. The van der Waals surface area contributed by atoms with Gasteiger partial charge in [0.25, 0.3) is 0 Å². The van der Waals surface area contributed by atoms with Gasteiger partial charge in [-0.25, -0.2) is 4.39 Å². The lowest BCUT2D eigenvalue weighted by atomic mass is 10.0. The van der Waals surface area contributed by atoms with Gasteiger partial charge in [-0.3, -0.25) is 4.98 Å². The number of nitrogens with zero attached hydrogens (tertiary/aromatic N) is 2. The Morgan fingerprint density at radius 1 is 1.00 bits per heavy atom. The highest BCUT2D eigenvalue weighted by atomic mass is 32.1. The maximum atomic E-state index is 13.4. The first-order valence-corrected chi connectivity index (χ1v) is 11.0. The van der Waals surface area contributed by atoms with E-state index in [2.05, 4.69) is 46.4 Å². The van der Waals surface area contributed by atoms with Crippen LogP contribution in [0.5, 0.6) is 0 Å². The van der Waals surface area contributed by atoms with Gasteiger partial charge in [0.2, 0.25) is 0 Å². The van der Waals surface area contributed by atoms with Crippen molar-refractivity contribution in [2.45, 2.75) is 25.4 Å². The molecule has 32 heavy (non-hydrogen) atoms. The van der Waals surface area contributed by atoms with Crippen molar-refractivity contribution >= 4 is 23.0 Å². The van der Waals surface area contributed by atoms with Gasteiger partial charge in [0.05, 0.1) is 11.7 Å². The highest BCUT2D eigenvalue weighted by molar-refractivity contribution is 7.80. The van der Waals surface area contributed by atoms with E-state index in [-0.39, 0.29) is 17.9 Å². The van der Waals surface area contributed by atoms with Crippen molar-refractivity contribution in [2.24, 2.45) is 0 Å². The van der Waals surface area contributed by atoms with Crippen LogP contribution in [-0.2, 0) is 6.42 Å². The average Bonchev–Trinajstić information content (AvgIpc) is 3.45. The van der Waals surface area contributed by atoms with Crippen LogP contribution >= 0.6 is 12.2 Å². The van der Waals surface area contributed by atoms with Crippen molar-refractivity contribution in [1.82, 2.24) is 10.3 Å². The molecule has 5 rings (SSSR count). The van der Waals surface area contributed by atoms with Crippen LogP contribution < -0.4 is 10.2 Å². The summed E-state index contributed by atoms with van der Waals surface area (Å²) in [5.74, 6) is 1.16. The molecule has 1 saturated heterocycles. The van der Waals surface area contributed by atoms with Gasteiger partial charge in [-0.15, -0.1) is 0 Å². The summed E-state index contributed by atoms with van der Waals surface area (Å²) in [7, 11) is 0. The van der Waals surface area contributed by atoms with Gasteiger partial charge in [0.15, 0.2) is 5.11 Å². The summed E-state index contributed by atoms with van der Waals surface area (Å²) >= 11 is 5.76. The minimum absolute atomic E-state index is 0.179. The molecule has 2 aromatic heterocycles. The third kappa shape index (κ3) is 3.78. The molecule has 3 heterocycles. The van der Waals surface area contributed by atoms with E-state index < -0.39 is 0 Å². The largest absolute Gasteiger partial charge is 0.459 e. The van der Waals surface area contributed by atoms with Gasteiger partial charge in [-0.1, -0.05) is 25.1 Å². The molecule has 0 aliphatic carbocycles. The number of aryl methyl sites for hydroxylation is 1. The van der Waals surface area contributed by atoms with Gasteiger partial charge < -0.3 is 14.6 Å². The molecular formula is C26H22FN3OS. The third-order valence-corrected chi connectivity index (χ3v) is 6.08. The van der Waals surface area contributed by atoms with Crippen LogP contribution in [0.15, 0.2) is 89.5 Å². The maximum absolute atomic E-state index is 13.4. The summed E-state index contributed by atoms with van der Waals surface area (Å²) in [6.45, 7) is 2.14. The standard InChI is InChI=1S/C26H22FN3OS/c1-2-17-6-12-20(13-7-17)30-25(24(29-26(30)32)21-5-3-4-16-28-21)23-15-14-22(31-23)18-8-10-19(27)11-9-18/h3-16,24-25H,2H2,1H3,(H,29,32)/t24-,25+/m0/s1. The van der Waals surface area contributed by atoms with E-state index in [0.717, 1.165) is 29.1 Å². The van der Waals surface area contributed by atoms with Crippen LogP contribution in [0.4, 0.5) is 10.1 Å². The summed E-state index contributed by atoms with van der Waals surface area (Å²) < 4.78 is 19.7. The van der Waals surface area contributed by atoms with Gasteiger partial charge in [-0.2, -0.15) is 0 Å². The minimum Gasteiger partial charge on any atom is -0.459 e. The smallest absolute Gasteiger partial charge is 0.174 e. The van der Waals surface area contributed by atoms with Crippen LogP contribution in [0.1, 0.15) is 36.0 Å². The minimum atomic E-state index is -0.275. The predicted octanol–water partition coefficient (Wildman–Crippen LogP) is 6.22. The van der Waals surface area contributed by atoms with E-state index in [4.69, 9.17) is 16.6 Å². The molecule has 4 nitrogen and oxygen atoms in total. The van der Waals surface area contributed by atoms with Gasteiger partial charge in [0.1, 0.15) is 23.4 Å². The predicted molar refractivity (Wildman–Crippen MR) is 128 cm³/mol. The van der Waals surface area contributed by atoms with Crippen molar-refractivity contribution < 1.29 is 8.81 Å². The molecule has 0 unspecified atom stereocenters.